The molecule has 2 aromatic carbocycles. The number of nitrogens with zero attached hydrogens (tertiary/aromatic N) is 1. The highest BCUT2D eigenvalue weighted by atomic mass is 32.2. The molecule has 0 spiro atoms. The lowest BCUT2D eigenvalue weighted by Gasteiger charge is -2.10. The Morgan fingerprint density at radius 2 is 2.00 bits per heavy atom. The van der Waals surface area contributed by atoms with Crippen LogP contribution in [0.4, 0.5) is 5.69 Å². The fourth-order valence-corrected chi connectivity index (χ4v) is 3.04. The molecule has 0 bridgehead atoms. The van der Waals surface area contributed by atoms with E-state index >= 15 is 0 Å². The van der Waals surface area contributed by atoms with Gasteiger partial charge in [0.1, 0.15) is 5.37 Å². The fourth-order valence-electron chi connectivity index (χ4n) is 1.91. The highest BCUT2D eigenvalue weighted by molar-refractivity contribution is 8.00. The number of anilines is 1. The molecule has 0 radical (unpaired) electrons. The Hall–Kier alpha value is -1.92. The molecule has 17 heavy (non-hydrogen) atoms. The number of rotatable bonds is 1. The lowest BCUT2D eigenvalue weighted by molar-refractivity contribution is 1.13. The van der Waals surface area contributed by atoms with Crippen LogP contribution in [-0.4, -0.2) is 0 Å². The molecule has 1 N–H and O–H groups in total. The summed E-state index contributed by atoms with van der Waals surface area (Å²) in [7, 11) is 0. The number of hydrogen-bond donors (Lipinski definition) is 1. The summed E-state index contributed by atoms with van der Waals surface area (Å²) in [5.41, 5.74) is 3.02. The van der Waals surface area contributed by atoms with Crippen molar-refractivity contribution in [3.8, 4) is 6.07 Å². The van der Waals surface area contributed by atoms with Crippen molar-refractivity contribution in [3.63, 3.8) is 0 Å². The first-order chi connectivity index (χ1) is 8.36. The minimum Gasteiger partial charge on any atom is -0.368 e. The van der Waals surface area contributed by atoms with Crippen LogP contribution in [0.15, 0.2) is 53.4 Å². The third-order valence-corrected chi connectivity index (χ3v) is 3.97. The molecule has 0 unspecified atom stereocenters. The molecular formula is C14H10N2S. The van der Waals surface area contributed by atoms with E-state index in [1.165, 1.54) is 10.6 Å². The molecule has 1 heterocycles. The molecule has 2 aromatic rings. The summed E-state index contributed by atoms with van der Waals surface area (Å²) >= 11 is 1.79. The SMILES string of the molecule is N#Cc1cccc([C@@H]2Nc3ccccc3S2)c1. The van der Waals surface area contributed by atoms with E-state index in [4.69, 9.17) is 5.26 Å². The van der Waals surface area contributed by atoms with E-state index in [-0.39, 0.29) is 5.37 Å². The zero-order valence-electron chi connectivity index (χ0n) is 9.05. The van der Waals surface area contributed by atoms with Crippen molar-refractivity contribution in [2.24, 2.45) is 0 Å². The molecule has 2 nitrogen and oxygen atoms in total. The van der Waals surface area contributed by atoms with Gasteiger partial charge in [0.15, 0.2) is 0 Å². The number of thioether (sulfide) groups is 1. The molecule has 82 valence electrons. The Kier molecular flexibility index (Phi) is 2.50. The van der Waals surface area contributed by atoms with Crippen LogP contribution in [0.2, 0.25) is 0 Å². The van der Waals surface area contributed by atoms with Crippen LogP contribution in [0.1, 0.15) is 16.5 Å². The van der Waals surface area contributed by atoms with E-state index in [0.29, 0.717) is 5.56 Å². The quantitative estimate of drug-likeness (QED) is 0.821. The maximum atomic E-state index is 8.90. The first kappa shape index (κ1) is 10.2. The van der Waals surface area contributed by atoms with Crippen molar-refractivity contribution < 1.29 is 0 Å². The molecule has 0 amide bonds. The Bertz CT molecular complexity index is 576. The van der Waals surface area contributed by atoms with E-state index in [9.17, 15) is 0 Å². The summed E-state index contributed by atoms with van der Waals surface area (Å²) in [6.45, 7) is 0. The molecule has 0 saturated heterocycles. The topological polar surface area (TPSA) is 35.8 Å². The summed E-state index contributed by atoms with van der Waals surface area (Å²) in [6, 6.07) is 18.2. The maximum absolute atomic E-state index is 8.90. The standard InChI is InChI=1S/C14H10N2S/c15-9-10-4-3-5-11(8-10)14-16-12-6-1-2-7-13(12)17-14/h1-8,14,16H/t14-/m1/s1. The van der Waals surface area contributed by atoms with Gasteiger partial charge in [-0.2, -0.15) is 5.26 Å². The fraction of sp³-hybridized carbons (Fsp3) is 0.0714. The third-order valence-electron chi connectivity index (χ3n) is 2.74. The highest BCUT2D eigenvalue weighted by Crippen LogP contribution is 2.46. The van der Waals surface area contributed by atoms with Crippen molar-refractivity contribution in [1.82, 2.24) is 0 Å². The first-order valence-electron chi connectivity index (χ1n) is 5.39. The average molecular weight is 238 g/mol. The van der Waals surface area contributed by atoms with Crippen LogP contribution in [0.3, 0.4) is 0 Å². The summed E-state index contributed by atoms with van der Waals surface area (Å²) in [4.78, 5) is 1.26. The zero-order chi connectivity index (χ0) is 11.7. The molecule has 0 fully saturated rings. The number of fused-ring (bicyclic) bond motifs is 1. The minimum atomic E-state index is 0.209. The van der Waals surface area contributed by atoms with Crippen LogP contribution in [0.5, 0.6) is 0 Å². The van der Waals surface area contributed by atoms with Crippen LogP contribution in [0.25, 0.3) is 0 Å². The van der Waals surface area contributed by atoms with Crippen molar-refractivity contribution in [3.05, 3.63) is 59.7 Å². The summed E-state index contributed by atoms with van der Waals surface area (Å²) in [6.07, 6.45) is 0. The second kappa shape index (κ2) is 4.15. The number of hydrogen-bond acceptors (Lipinski definition) is 3. The summed E-state index contributed by atoms with van der Waals surface area (Å²) in [5.74, 6) is 0. The molecule has 1 aliphatic rings. The second-order valence-electron chi connectivity index (χ2n) is 3.88. The molecule has 3 rings (SSSR count). The van der Waals surface area contributed by atoms with Crippen molar-refractivity contribution in [2.45, 2.75) is 10.3 Å². The Morgan fingerprint density at radius 1 is 1.12 bits per heavy atom. The molecule has 1 atom stereocenters. The molecule has 0 aromatic heterocycles. The Balaban J connectivity index is 1.92. The van der Waals surface area contributed by atoms with Crippen LogP contribution >= 0.6 is 11.8 Å². The maximum Gasteiger partial charge on any atom is 0.103 e. The van der Waals surface area contributed by atoms with Gasteiger partial charge in [0, 0.05) is 10.6 Å². The van der Waals surface area contributed by atoms with Gasteiger partial charge in [-0.3, -0.25) is 0 Å². The van der Waals surface area contributed by atoms with Gasteiger partial charge in [-0.15, -0.1) is 0 Å². The molecule has 0 aliphatic carbocycles. The lowest BCUT2D eigenvalue weighted by atomic mass is 10.1. The smallest absolute Gasteiger partial charge is 0.103 e. The predicted molar refractivity (Wildman–Crippen MR) is 69.8 cm³/mol. The van der Waals surface area contributed by atoms with Gasteiger partial charge in [-0.25, -0.2) is 0 Å². The zero-order valence-corrected chi connectivity index (χ0v) is 9.87. The first-order valence-corrected chi connectivity index (χ1v) is 6.27. The van der Waals surface area contributed by atoms with E-state index in [1.807, 2.05) is 30.3 Å². The van der Waals surface area contributed by atoms with Gasteiger partial charge < -0.3 is 5.32 Å². The van der Waals surface area contributed by atoms with Crippen LogP contribution in [-0.2, 0) is 0 Å². The minimum absolute atomic E-state index is 0.209. The van der Waals surface area contributed by atoms with Gasteiger partial charge in [-0.1, -0.05) is 36.0 Å². The second-order valence-corrected chi connectivity index (χ2v) is 5.02. The monoisotopic (exact) mass is 238 g/mol. The molecule has 3 heteroatoms. The Labute approximate surface area is 104 Å². The van der Waals surface area contributed by atoms with Gasteiger partial charge >= 0.3 is 0 Å². The average Bonchev–Trinajstić information content (AvgIpc) is 2.82. The normalized spacial score (nSPS) is 17.0. The molecule has 1 aliphatic heterocycles. The van der Waals surface area contributed by atoms with E-state index in [0.717, 1.165) is 5.56 Å². The predicted octanol–water partition coefficient (Wildman–Crippen LogP) is 3.77. The summed E-state index contributed by atoms with van der Waals surface area (Å²) < 4.78 is 0. The third kappa shape index (κ3) is 1.88. The number of nitrogens with one attached hydrogen (secondary N) is 1. The van der Waals surface area contributed by atoms with E-state index < -0.39 is 0 Å². The van der Waals surface area contributed by atoms with Crippen molar-refractivity contribution in [2.75, 3.05) is 5.32 Å². The van der Waals surface area contributed by atoms with Gasteiger partial charge in [-0.05, 0) is 29.8 Å². The lowest BCUT2D eigenvalue weighted by Crippen LogP contribution is -2.01. The summed E-state index contributed by atoms with van der Waals surface area (Å²) in [5, 5.41) is 12.6. The van der Waals surface area contributed by atoms with Crippen LogP contribution < -0.4 is 5.32 Å². The van der Waals surface area contributed by atoms with Crippen molar-refractivity contribution in [1.29, 1.82) is 5.26 Å². The van der Waals surface area contributed by atoms with Gasteiger partial charge in [0.2, 0.25) is 0 Å². The molecule has 0 saturated carbocycles. The van der Waals surface area contributed by atoms with Crippen molar-refractivity contribution >= 4 is 17.4 Å². The Morgan fingerprint density at radius 3 is 2.82 bits per heavy atom. The molecular weight excluding hydrogens is 228 g/mol. The van der Waals surface area contributed by atoms with E-state index in [2.05, 4.69) is 29.6 Å². The van der Waals surface area contributed by atoms with Gasteiger partial charge in [0.05, 0.1) is 11.6 Å². The number of para-hydroxylation sites is 1. The van der Waals surface area contributed by atoms with Crippen LogP contribution in [0, 0.1) is 11.3 Å². The number of nitriles is 1. The highest BCUT2D eigenvalue weighted by Gasteiger charge is 2.22. The van der Waals surface area contributed by atoms with Gasteiger partial charge in [0.25, 0.3) is 0 Å². The van der Waals surface area contributed by atoms with E-state index in [1.54, 1.807) is 11.8 Å². The largest absolute Gasteiger partial charge is 0.368 e. The number of benzene rings is 2.